The number of nitrogens with one attached hydrogen (secondary N) is 3. The molecule has 1 aliphatic rings. The molecular formula is C36H38FN5O2. The number of amides is 2. The van der Waals surface area contributed by atoms with Gasteiger partial charge in [-0.3, -0.25) is 19.6 Å². The molecule has 2 heterocycles. The topological polar surface area (TPSA) is 96.0 Å². The van der Waals surface area contributed by atoms with Crippen molar-refractivity contribution in [3.8, 4) is 0 Å². The Morgan fingerprint density at radius 2 is 1.50 bits per heavy atom. The summed E-state index contributed by atoms with van der Waals surface area (Å²) in [6.45, 7) is 6.53. The van der Waals surface area contributed by atoms with Crippen molar-refractivity contribution >= 4 is 45.0 Å². The monoisotopic (exact) mass is 591 g/mol. The molecule has 0 aliphatic heterocycles. The molecule has 0 saturated carbocycles. The molecule has 0 radical (unpaired) electrons. The third kappa shape index (κ3) is 6.86. The summed E-state index contributed by atoms with van der Waals surface area (Å²) in [5.74, 6) is -1.05. The highest BCUT2D eigenvalue weighted by atomic mass is 19.1. The maximum absolute atomic E-state index is 17.4. The number of carbonyl (C=O) groups is 2. The van der Waals surface area contributed by atoms with E-state index in [1.54, 1.807) is 42.8 Å². The molecule has 1 aliphatic carbocycles. The zero-order valence-electron chi connectivity index (χ0n) is 25.4. The molecule has 44 heavy (non-hydrogen) atoms. The number of benzene rings is 2. The van der Waals surface area contributed by atoms with Gasteiger partial charge in [-0.15, -0.1) is 0 Å². The fourth-order valence-electron chi connectivity index (χ4n) is 5.46. The number of nitrogens with zero attached hydrogens (tertiary/aromatic N) is 2. The second-order valence-electron chi connectivity index (χ2n) is 11.9. The van der Waals surface area contributed by atoms with Gasteiger partial charge in [0.25, 0.3) is 5.91 Å². The number of fused-ring (bicyclic) bond motifs is 2. The molecule has 5 rings (SSSR count). The van der Waals surface area contributed by atoms with Gasteiger partial charge in [-0.2, -0.15) is 0 Å². The fraction of sp³-hybridized carbons (Fsp3) is 0.278. The van der Waals surface area contributed by atoms with E-state index in [0.29, 0.717) is 40.9 Å². The lowest BCUT2D eigenvalue weighted by Gasteiger charge is -2.27. The van der Waals surface area contributed by atoms with E-state index in [0.717, 1.165) is 23.6 Å². The van der Waals surface area contributed by atoms with Crippen molar-refractivity contribution in [2.45, 2.75) is 45.7 Å². The first-order valence-corrected chi connectivity index (χ1v) is 15.0. The molecule has 226 valence electrons. The van der Waals surface area contributed by atoms with Gasteiger partial charge in [0.05, 0.1) is 29.0 Å². The summed E-state index contributed by atoms with van der Waals surface area (Å²) < 4.78 is 17.4. The molecule has 2 aromatic carbocycles. The SMILES string of the molecule is CCCC(C)(C)CNC(=O)C1=CC=C(C(F)(CNc2cccc3cccnc23)C(=O)Nc2cccc3cccnc23)C=CC1. The first kappa shape index (κ1) is 30.6. The van der Waals surface area contributed by atoms with Gasteiger partial charge in [-0.05, 0) is 42.5 Å². The van der Waals surface area contributed by atoms with Gasteiger partial charge in [-0.1, -0.05) is 87.9 Å². The van der Waals surface area contributed by atoms with E-state index < -0.39 is 11.6 Å². The predicted octanol–water partition coefficient (Wildman–Crippen LogP) is 7.30. The molecule has 0 bridgehead atoms. The Kier molecular flexibility index (Phi) is 9.18. The molecule has 4 aromatic rings. The molecule has 1 unspecified atom stereocenters. The fourth-order valence-corrected chi connectivity index (χ4v) is 5.46. The maximum atomic E-state index is 17.4. The van der Waals surface area contributed by atoms with E-state index in [4.69, 9.17) is 0 Å². The van der Waals surface area contributed by atoms with Gasteiger partial charge in [0.1, 0.15) is 0 Å². The van der Waals surface area contributed by atoms with E-state index in [-0.39, 0.29) is 23.4 Å². The minimum Gasteiger partial charge on any atom is -0.379 e. The van der Waals surface area contributed by atoms with Gasteiger partial charge >= 0.3 is 0 Å². The van der Waals surface area contributed by atoms with Crippen LogP contribution in [0.25, 0.3) is 21.8 Å². The Morgan fingerprint density at radius 3 is 2.18 bits per heavy atom. The van der Waals surface area contributed by atoms with Crippen LogP contribution in [0.15, 0.2) is 109 Å². The van der Waals surface area contributed by atoms with Gasteiger partial charge in [0.2, 0.25) is 11.6 Å². The lowest BCUT2D eigenvalue weighted by Crippen LogP contribution is -2.46. The normalized spacial score (nSPS) is 14.7. The predicted molar refractivity (Wildman–Crippen MR) is 176 cm³/mol. The van der Waals surface area contributed by atoms with E-state index in [1.165, 1.54) is 6.08 Å². The summed E-state index contributed by atoms with van der Waals surface area (Å²) in [6, 6.07) is 18.4. The third-order valence-corrected chi connectivity index (χ3v) is 7.90. The van der Waals surface area contributed by atoms with Crippen LogP contribution in [-0.2, 0) is 9.59 Å². The number of hydrogen-bond acceptors (Lipinski definition) is 5. The minimum atomic E-state index is -2.52. The summed E-state index contributed by atoms with van der Waals surface area (Å²) in [7, 11) is 0. The number of aromatic nitrogens is 2. The van der Waals surface area contributed by atoms with Crippen LogP contribution in [0, 0.1) is 5.41 Å². The van der Waals surface area contributed by atoms with Crippen LogP contribution in [0.2, 0.25) is 0 Å². The summed E-state index contributed by atoms with van der Waals surface area (Å²) in [4.78, 5) is 35.8. The first-order valence-electron chi connectivity index (χ1n) is 15.0. The zero-order valence-corrected chi connectivity index (χ0v) is 25.4. The Morgan fingerprint density at radius 1 is 0.864 bits per heavy atom. The number of allylic oxidation sites excluding steroid dienone is 4. The van der Waals surface area contributed by atoms with Crippen LogP contribution in [-0.4, -0.2) is 40.5 Å². The zero-order chi connectivity index (χ0) is 31.2. The highest BCUT2D eigenvalue weighted by Crippen LogP contribution is 2.31. The lowest BCUT2D eigenvalue weighted by atomic mass is 9.88. The number of halogens is 1. The van der Waals surface area contributed by atoms with Gasteiger partial charge in [0, 0.05) is 40.9 Å². The molecule has 2 aromatic heterocycles. The number of carbonyl (C=O) groups excluding carboxylic acids is 2. The van der Waals surface area contributed by atoms with Crippen LogP contribution in [0.4, 0.5) is 15.8 Å². The summed E-state index contributed by atoms with van der Waals surface area (Å²) in [5.41, 5.74) is 0.318. The number of rotatable bonds is 11. The number of hydrogen-bond donors (Lipinski definition) is 3. The molecule has 8 heteroatoms. The third-order valence-electron chi connectivity index (χ3n) is 7.90. The Balaban J connectivity index is 1.46. The van der Waals surface area contributed by atoms with Crippen LogP contribution in [0.3, 0.4) is 0 Å². The average molecular weight is 592 g/mol. The Hall–Kier alpha value is -4.85. The minimum absolute atomic E-state index is 0.0304. The van der Waals surface area contributed by atoms with Crippen molar-refractivity contribution in [3.63, 3.8) is 0 Å². The van der Waals surface area contributed by atoms with Crippen LogP contribution in [0.1, 0.15) is 40.0 Å². The lowest BCUT2D eigenvalue weighted by molar-refractivity contribution is -0.124. The van der Waals surface area contributed by atoms with Crippen LogP contribution in [0.5, 0.6) is 0 Å². The van der Waals surface area contributed by atoms with Crippen molar-refractivity contribution < 1.29 is 14.0 Å². The number of pyridine rings is 2. The van der Waals surface area contributed by atoms with Gasteiger partial charge in [0.15, 0.2) is 0 Å². The molecular weight excluding hydrogens is 553 g/mol. The van der Waals surface area contributed by atoms with Crippen molar-refractivity contribution in [2.24, 2.45) is 5.41 Å². The van der Waals surface area contributed by atoms with Gasteiger partial charge in [-0.25, -0.2) is 4.39 Å². The van der Waals surface area contributed by atoms with Crippen molar-refractivity contribution in [3.05, 3.63) is 109 Å². The Bertz CT molecular complexity index is 1770. The van der Waals surface area contributed by atoms with Crippen LogP contribution >= 0.6 is 0 Å². The molecule has 0 spiro atoms. The summed E-state index contributed by atoms with van der Waals surface area (Å²) in [5, 5.41) is 10.7. The number of alkyl halides is 1. The Labute approximate surface area is 257 Å². The quantitative estimate of drug-likeness (QED) is 0.170. The second kappa shape index (κ2) is 13.2. The second-order valence-corrected chi connectivity index (χ2v) is 11.9. The number of para-hydroxylation sites is 2. The summed E-state index contributed by atoms with van der Waals surface area (Å²) in [6.07, 6.45) is 12.1. The van der Waals surface area contributed by atoms with Crippen molar-refractivity contribution in [2.75, 3.05) is 23.7 Å². The smallest absolute Gasteiger partial charge is 0.268 e. The summed E-state index contributed by atoms with van der Waals surface area (Å²) >= 11 is 0. The van der Waals surface area contributed by atoms with E-state index in [2.05, 4.69) is 46.7 Å². The van der Waals surface area contributed by atoms with Crippen molar-refractivity contribution in [1.82, 2.24) is 15.3 Å². The highest BCUT2D eigenvalue weighted by Gasteiger charge is 2.42. The average Bonchev–Trinajstić information content (AvgIpc) is 3.30. The molecule has 3 N–H and O–H groups in total. The van der Waals surface area contributed by atoms with E-state index >= 15 is 4.39 Å². The maximum Gasteiger partial charge on any atom is 0.268 e. The van der Waals surface area contributed by atoms with E-state index in [9.17, 15) is 9.59 Å². The molecule has 0 saturated heterocycles. The number of anilines is 2. The molecule has 1 atom stereocenters. The van der Waals surface area contributed by atoms with Crippen LogP contribution < -0.4 is 16.0 Å². The van der Waals surface area contributed by atoms with Crippen molar-refractivity contribution in [1.29, 1.82) is 0 Å². The first-order chi connectivity index (χ1) is 21.2. The molecule has 2 amide bonds. The molecule has 7 nitrogen and oxygen atoms in total. The highest BCUT2D eigenvalue weighted by molar-refractivity contribution is 6.06. The standard InChI is InChI=1S/C36H38FN5O2/c1-4-20-35(2,3)23-41-33(43)27-12-5-15-28(19-18-27)36(37,24-40-29-16-6-10-25-13-8-21-38-31(25)29)34(44)42-30-17-7-11-26-14-9-22-39-32(26)30/h5-11,13-19,21-22,40H,4,12,20,23-24H2,1-3H3,(H,41,43)(H,42,44). The molecule has 0 fully saturated rings. The van der Waals surface area contributed by atoms with E-state index in [1.807, 2.05) is 48.5 Å². The van der Waals surface area contributed by atoms with Gasteiger partial charge < -0.3 is 16.0 Å². The largest absolute Gasteiger partial charge is 0.379 e.